The van der Waals surface area contributed by atoms with Crippen molar-refractivity contribution >= 4 is 5.91 Å². The lowest BCUT2D eigenvalue weighted by Gasteiger charge is -2.29. The molecule has 2 aliphatic rings. The minimum Gasteiger partial charge on any atom is -0.393 e. The van der Waals surface area contributed by atoms with Gasteiger partial charge in [0.25, 0.3) is 0 Å². The van der Waals surface area contributed by atoms with E-state index in [0.717, 1.165) is 51.9 Å². The Bertz CT molecular complexity index is 296. The second-order valence-electron chi connectivity index (χ2n) is 6.46. The Hall–Kier alpha value is -0.610. The quantitative estimate of drug-likeness (QED) is 0.720. The second kappa shape index (κ2) is 5.57. The van der Waals surface area contributed by atoms with E-state index in [1.807, 2.05) is 0 Å². The van der Waals surface area contributed by atoms with E-state index in [0.29, 0.717) is 0 Å². The van der Waals surface area contributed by atoms with Crippen LogP contribution < -0.4 is 5.32 Å². The number of aliphatic hydroxyl groups is 1. The predicted octanol–water partition coefficient (Wildman–Crippen LogP) is 0.995. The van der Waals surface area contributed by atoms with Gasteiger partial charge in [0, 0.05) is 25.6 Å². The Labute approximate surface area is 110 Å². The molecular formula is C14H26N2O2. The van der Waals surface area contributed by atoms with E-state index in [9.17, 15) is 9.90 Å². The van der Waals surface area contributed by atoms with Gasteiger partial charge in [-0.05, 0) is 37.6 Å². The molecule has 1 saturated heterocycles. The lowest BCUT2D eigenvalue weighted by Crippen LogP contribution is -2.37. The minimum absolute atomic E-state index is 0.0990. The van der Waals surface area contributed by atoms with Crippen molar-refractivity contribution in [2.75, 3.05) is 26.2 Å². The summed E-state index contributed by atoms with van der Waals surface area (Å²) >= 11 is 0. The lowest BCUT2D eigenvalue weighted by molar-refractivity contribution is -0.123. The van der Waals surface area contributed by atoms with Gasteiger partial charge in [-0.3, -0.25) is 4.79 Å². The third-order valence-corrected chi connectivity index (χ3v) is 4.34. The van der Waals surface area contributed by atoms with Crippen molar-refractivity contribution < 1.29 is 9.90 Å². The summed E-state index contributed by atoms with van der Waals surface area (Å²) in [5.41, 5.74) is 0.229. The summed E-state index contributed by atoms with van der Waals surface area (Å²) in [4.78, 5) is 14.1. The molecule has 1 aliphatic heterocycles. The van der Waals surface area contributed by atoms with Gasteiger partial charge in [-0.25, -0.2) is 0 Å². The summed E-state index contributed by atoms with van der Waals surface area (Å²) in [5.74, 6) is 0.469. The van der Waals surface area contributed by atoms with E-state index >= 15 is 0 Å². The van der Waals surface area contributed by atoms with E-state index in [2.05, 4.69) is 24.1 Å². The molecule has 1 aliphatic carbocycles. The monoisotopic (exact) mass is 254 g/mol. The van der Waals surface area contributed by atoms with E-state index in [1.54, 1.807) is 0 Å². The maximum atomic E-state index is 11.8. The van der Waals surface area contributed by atoms with Crippen LogP contribution in [0.3, 0.4) is 0 Å². The summed E-state index contributed by atoms with van der Waals surface area (Å²) in [6.45, 7) is 8.09. The molecule has 0 spiro atoms. The number of carbonyl (C=O) groups excluding carboxylic acids is 1. The highest BCUT2D eigenvalue weighted by molar-refractivity contribution is 5.82. The Balaban J connectivity index is 1.52. The number of aliphatic hydroxyl groups excluding tert-OH is 1. The average molecular weight is 254 g/mol. The number of carbonyl (C=O) groups is 1. The standard InChI is InChI=1S/C14H26N2O2/c1-14(2)10-12(14)13(18)15-6-3-7-16-8-4-11(17)5-9-16/h11-12,17H,3-10H2,1-2H3,(H,15,18)/t12-/m1/s1. The Morgan fingerprint density at radius 2 is 2.00 bits per heavy atom. The highest BCUT2D eigenvalue weighted by Crippen LogP contribution is 2.51. The molecule has 18 heavy (non-hydrogen) atoms. The number of hydrogen-bond donors (Lipinski definition) is 2. The van der Waals surface area contributed by atoms with Crippen LogP contribution in [-0.4, -0.2) is 48.2 Å². The first-order valence-electron chi connectivity index (χ1n) is 7.17. The number of piperidine rings is 1. The van der Waals surface area contributed by atoms with Crippen molar-refractivity contribution in [1.29, 1.82) is 0 Å². The largest absolute Gasteiger partial charge is 0.393 e. The van der Waals surface area contributed by atoms with Gasteiger partial charge < -0.3 is 15.3 Å². The molecular weight excluding hydrogens is 228 g/mol. The first-order chi connectivity index (χ1) is 8.49. The van der Waals surface area contributed by atoms with Crippen molar-refractivity contribution in [3.63, 3.8) is 0 Å². The first-order valence-corrected chi connectivity index (χ1v) is 7.17. The summed E-state index contributed by atoms with van der Waals surface area (Å²) in [5, 5.41) is 12.4. The predicted molar refractivity (Wildman–Crippen MR) is 71.2 cm³/mol. The summed E-state index contributed by atoms with van der Waals surface area (Å²) in [6.07, 6.45) is 3.72. The summed E-state index contributed by atoms with van der Waals surface area (Å²) < 4.78 is 0. The van der Waals surface area contributed by atoms with Crippen molar-refractivity contribution in [2.45, 2.75) is 45.6 Å². The topological polar surface area (TPSA) is 52.6 Å². The molecule has 1 saturated carbocycles. The Kier molecular flexibility index (Phi) is 4.28. The first kappa shape index (κ1) is 13.8. The number of hydrogen-bond acceptors (Lipinski definition) is 3. The van der Waals surface area contributed by atoms with Crippen LogP contribution in [0.2, 0.25) is 0 Å². The van der Waals surface area contributed by atoms with Gasteiger partial charge in [0.15, 0.2) is 0 Å². The smallest absolute Gasteiger partial charge is 0.223 e. The summed E-state index contributed by atoms with van der Waals surface area (Å²) in [6, 6.07) is 0. The van der Waals surface area contributed by atoms with Gasteiger partial charge in [0.05, 0.1) is 6.10 Å². The van der Waals surface area contributed by atoms with E-state index in [4.69, 9.17) is 0 Å². The highest BCUT2D eigenvalue weighted by Gasteiger charge is 2.50. The Morgan fingerprint density at radius 1 is 1.39 bits per heavy atom. The van der Waals surface area contributed by atoms with Crippen LogP contribution >= 0.6 is 0 Å². The van der Waals surface area contributed by atoms with Gasteiger partial charge in [-0.2, -0.15) is 0 Å². The normalized spacial score (nSPS) is 28.1. The second-order valence-corrected chi connectivity index (χ2v) is 6.46. The molecule has 4 heteroatoms. The molecule has 2 N–H and O–H groups in total. The average Bonchev–Trinajstić information content (AvgIpc) is 2.96. The van der Waals surface area contributed by atoms with Gasteiger partial charge in [0.2, 0.25) is 5.91 Å². The van der Waals surface area contributed by atoms with Gasteiger partial charge >= 0.3 is 0 Å². The zero-order chi connectivity index (χ0) is 13.2. The van der Waals surface area contributed by atoms with Crippen molar-refractivity contribution in [2.24, 2.45) is 11.3 Å². The molecule has 1 heterocycles. The maximum absolute atomic E-state index is 11.8. The lowest BCUT2D eigenvalue weighted by atomic mass is 10.1. The Morgan fingerprint density at radius 3 is 2.56 bits per heavy atom. The van der Waals surface area contributed by atoms with Crippen molar-refractivity contribution in [1.82, 2.24) is 10.2 Å². The van der Waals surface area contributed by atoms with Crippen LogP contribution in [0, 0.1) is 11.3 Å². The van der Waals surface area contributed by atoms with Gasteiger partial charge in [-0.15, -0.1) is 0 Å². The minimum atomic E-state index is -0.0990. The number of nitrogens with zero attached hydrogens (tertiary/aromatic N) is 1. The fourth-order valence-corrected chi connectivity index (χ4v) is 2.70. The zero-order valence-corrected chi connectivity index (χ0v) is 11.6. The fraction of sp³-hybridized carbons (Fsp3) is 0.929. The van der Waals surface area contributed by atoms with E-state index in [1.165, 1.54) is 0 Å². The van der Waals surface area contributed by atoms with Gasteiger partial charge in [-0.1, -0.05) is 13.8 Å². The summed E-state index contributed by atoms with van der Waals surface area (Å²) in [7, 11) is 0. The fourth-order valence-electron chi connectivity index (χ4n) is 2.70. The molecule has 1 atom stereocenters. The molecule has 0 aromatic heterocycles. The molecule has 0 aromatic rings. The maximum Gasteiger partial charge on any atom is 0.223 e. The van der Waals surface area contributed by atoms with Gasteiger partial charge in [0.1, 0.15) is 0 Å². The molecule has 2 fully saturated rings. The SMILES string of the molecule is CC1(C)C[C@@H]1C(=O)NCCCN1CCC(O)CC1. The van der Waals surface area contributed by atoms with Crippen molar-refractivity contribution in [3.05, 3.63) is 0 Å². The number of rotatable bonds is 5. The zero-order valence-electron chi connectivity index (χ0n) is 11.6. The third kappa shape index (κ3) is 3.69. The molecule has 1 amide bonds. The van der Waals surface area contributed by atoms with Crippen LogP contribution in [0.1, 0.15) is 39.5 Å². The highest BCUT2D eigenvalue weighted by atomic mass is 16.3. The molecule has 0 aromatic carbocycles. The molecule has 0 bridgehead atoms. The number of likely N-dealkylation sites (tertiary alicyclic amines) is 1. The van der Waals surface area contributed by atoms with Crippen LogP contribution in [0.5, 0.6) is 0 Å². The third-order valence-electron chi connectivity index (χ3n) is 4.34. The molecule has 2 rings (SSSR count). The van der Waals surface area contributed by atoms with Crippen LogP contribution in [-0.2, 0) is 4.79 Å². The van der Waals surface area contributed by atoms with Crippen LogP contribution in [0.25, 0.3) is 0 Å². The molecule has 0 unspecified atom stereocenters. The van der Waals surface area contributed by atoms with Crippen LogP contribution in [0.4, 0.5) is 0 Å². The van der Waals surface area contributed by atoms with E-state index in [-0.39, 0.29) is 23.3 Å². The molecule has 104 valence electrons. The van der Waals surface area contributed by atoms with Crippen molar-refractivity contribution in [3.8, 4) is 0 Å². The molecule has 4 nitrogen and oxygen atoms in total. The molecule has 0 radical (unpaired) electrons. The number of nitrogens with one attached hydrogen (secondary N) is 1. The van der Waals surface area contributed by atoms with E-state index < -0.39 is 0 Å². The number of amides is 1. The van der Waals surface area contributed by atoms with Crippen LogP contribution in [0.15, 0.2) is 0 Å².